The molecule has 0 saturated carbocycles. The van der Waals surface area contributed by atoms with Gasteiger partial charge in [-0.3, -0.25) is 0 Å². The third-order valence-electron chi connectivity index (χ3n) is 5.05. The SMILES string of the molecule is Cc1cccc(C)c1CNc1cc(C(=O)O)nc2c(C)c(C)n(C)c12. The zero-order chi connectivity index (χ0) is 18.3. The van der Waals surface area contributed by atoms with Crippen LogP contribution in [0.25, 0.3) is 11.0 Å². The van der Waals surface area contributed by atoms with E-state index in [-0.39, 0.29) is 5.69 Å². The predicted molar refractivity (Wildman–Crippen MR) is 100 cm³/mol. The van der Waals surface area contributed by atoms with E-state index in [4.69, 9.17) is 0 Å². The van der Waals surface area contributed by atoms with E-state index < -0.39 is 5.97 Å². The molecule has 5 nitrogen and oxygen atoms in total. The van der Waals surface area contributed by atoms with Crippen LogP contribution in [0.15, 0.2) is 24.3 Å². The summed E-state index contributed by atoms with van der Waals surface area (Å²) < 4.78 is 2.07. The number of rotatable bonds is 4. The third-order valence-corrected chi connectivity index (χ3v) is 5.05. The third kappa shape index (κ3) is 2.86. The lowest BCUT2D eigenvalue weighted by Crippen LogP contribution is -2.08. The van der Waals surface area contributed by atoms with E-state index in [0.29, 0.717) is 6.54 Å². The molecule has 0 spiro atoms. The Kier molecular flexibility index (Phi) is 4.25. The first kappa shape index (κ1) is 17.0. The monoisotopic (exact) mass is 337 g/mol. The van der Waals surface area contributed by atoms with Gasteiger partial charge in [-0.05, 0) is 56.0 Å². The lowest BCUT2D eigenvalue weighted by Gasteiger charge is -2.14. The summed E-state index contributed by atoms with van der Waals surface area (Å²) in [5, 5.41) is 12.9. The second-order valence-electron chi connectivity index (χ2n) is 6.55. The van der Waals surface area contributed by atoms with Crippen molar-refractivity contribution in [2.45, 2.75) is 34.2 Å². The topological polar surface area (TPSA) is 67.2 Å². The Labute approximate surface area is 147 Å². The number of carboxylic acids is 1. The van der Waals surface area contributed by atoms with Crippen molar-refractivity contribution in [1.82, 2.24) is 9.55 Å². The number of pyridine rings is 1. The molecule has 2 heterocycles. The van der Waals surface area contributed by atoms with Crippen molar-refractivity contribution in [1.29, 1.82) is 0 Å². The van der Waals surface area contributed by atoms with Gasteiger partial charge in [0.1, 0.15) is 0 Å². The molecule has 0 aliphatic carbocycles. The summed E-state index contributed by atoms with van der Waals surface area (Å²) in [5.41, 5.74) is 8.29. The number of nitrogens with zero attached hydrogens (tertiary/aromatic N) is 2. The highest BCUT2D eigenvalue weighted by molar-refractivity contribution is 5.97. The standard InChI is InChI=1S/C20H23N3O2/c1-11-7-6-8-12(2)15(11)10-21-16-9-17(20(24)25)22-18-13(3)14(4)23(5)19(16)18/h6-9H,10H2,1-5H3,(H,21,22)(H,24,25). The van der Waals surface area contributed by atoms with Gasteiger partial charge in [-0.25, -0.2) is 9.78 Å². The largest absolute Gasteiger partial charge is 0.477 e. The Hall–Kier alpha value is -2.82. The van der Waals surface area contributed by atoms with E-state index >= 15 is 0 Å². The summed E-state index contributed by atoms with van der Waals surface area (Å²) in [5.74, 6) is -1.02. The molecule has 5 heteroatoms. The summed E-state index contributed by atoms with van der Waals surface area (Å²) >= 11 is 0. The smallest absolute Gasteiger partial charge is 0.354 e. The highest BCUT2D eigenvalue weighted by Crippen LogP contribution is 2.30. The summed E-state index contributed by atoms with van der Waals surface area (Å²) in [7, 11) is 1.98. The van der Waals surface area contributed by atoms with E-state index in [1.807, 2.05) is 27.0 Å². The van der Waals surface area contributed by atoms with Crippen molar-refractivity contribution in [3.63, 3.8) is 0 Å². The molecule has 0 amide bonds. The zero-order valence-electron chi connectivity index (χ0n) is 15.3. The second-order valence-corrected chi connectivity index (χ2v) is 6.55. The fourth-order valence-corrected chi connectivity index (χ4v) is 3.29. The lowest BCUT2D eigenvalue weighted by atomic mass is 10.0. The van der Waals surface area contributed by atoms with Crippen LogP contribution in [0.1, 0.15) is 38.4 Å². The molecular weight excluding hydrogens is 314 g/mol. The van der Waals surface area contributed by atoms with Gasteiger partial charge in [0.25, 0.3) is 0 Å². The molecule has 0 unspecified atom stereocenters. The van der Waals surface area contributed by atoms with Gasteiger partial charge in [-0.2, -0.15) is 0 Å². The average molecular weight is 337 g/mol. The fraction of sp³-hybridized carbons (Fsp3) is 0.300. The van der Waals surface area contributed by atoms with E-state index in [1.54, 1.807) is 6.07 Å². The number of carbonyl (C=O) groups is 1. The molecule has 130 valence electrons. The minimum absolute atomic E-state index is 0.0604. The highest BCUT2D eigenvalue weighted by atomic mass is 16.4. The normalized spacial score (nSPS) is 11.1. The first-order chi connectivity index (χ1) is 11.8. The van der Waals surface area contributed by atoms with Crippen LogP contribution in [-0.4, -0.2) is 20.6 Å². The van der Waals surface area contributed by atoms with Crippen LogP contribution in [-0.2, 0) is 13.6 Å². The van der Waals surface area contributed by atoms with Gasteiger partial charge in [-0.15, -0.1) is 0 Å². The van der Waals surface area contributed by atoms with Crippen LogP contribution in [0.4, 0.5) is 5.69 Å². The molecule has 0 aliphatic heterocycles. The number of hydrogen-bond acceptors (Lipinski definition) is 3. The van der Waals surface area contributed by atoms with Gasteiger partial charge in [0.05, 0.1) is 16.7 Å². The Morgan fingerprint density at radius 3 is 2.44 bits per heavy atom. The number of carboxylic acid groups (broad SMARTS) is 1. The maximum Gasteiger partial charge on any atom is 0.354 e. The minimum atomic E-state index is -1.02. The molecule has 0 aliphatic rings. The Bertz CT molecular complexity index is 966. The Morgan fingerprint density at radius 1 is 1.20 bits per heavy atom. The summed E-state index contributed by atoms with van der Waals surface area (Å²) in [4.78, 5) is 15.8. The Balaban J connectivity index is 2.11. The number of benzene rings is 1. The molecule has 0 atom stereocenters. The molecule has 1 aromatic carbocycles. The van der Waals surface area contributed by atoms with Gasteiger partial charge in [0, 0.05) is 19.3 Å². The summed E-state index contributed by atoms with van der Waals surface area (Å²) in [6.45, 7) is 8.82. The minimum Gasteiger partial charge on any atom is -0.477 e. The summed E-state index contributed by atoms with van der Waals surface area (Å²) in [6, 6.07) is 7.85. The molecule has 0 bridgehead atoms. The molecule has 25 heavy (non-hydrogen) atoms. The fourth-order valence-electron chi connectivity index (χ4n) is 3.29. The molecule has 0 fully saturated rings. The van der Waals surface area contributed by atoms with Crippen LogP contribution >= 0.6 is 0 Å². The number of fused-ring (bicyclic) bond motifs is 1. The molecule has 2 N–H and O–H groups in total. The van der Waals surface area contributed by atoms with Crippen molar-refractivity contribution >= 4 is 22.7 Å². The quantitative estimate of drug-likeness (QED) is 0.751. The molecular formula is C20H23N3O2. The molecule has 2 aromatic heterocycles. The van der Waals surface area contributed by atoms with Crippen molar-refractivity contribution < 1.29 is 9.90 Å². The first-order valence-corrected chi connectivity index (χ1v) is 8.30. The molecule has 0 saturated heterocycles. The van der Waals surface area contributed by atoms with Crippen LogP contribution in [0.2, 0.25) is 0 Å². The van der Waals surface area contributed by atoms with Gasteiger partial charge in [0.2, 0.25) is 0 Å². The average Bonchev–Trinajstić information content (AvgIpc) is 2.79. The number of nitrogens with one attached hydrogen (secondary N) is 1. The van der Waals surface area contributed by atoms with E-state index in [0.717, 1.165) is 28.0 Å². The van der Waals surface area contributed by atoms with Crippen LogP contribution < -0.4 is 5.32 Å². The van der Waals surface area contributed by atoms with Crippen LogP contribution in [0, 0.1) is 27.7 Å². The summed E-state index contributed by atoms with van der Waals surface area (Å²) in [6.07, 6.45) is 0. The Morgan fingerprint density at radius 2 is 1.84 bits per heavy atom. The van der Waals surface area contributed by atoms with Gasteiger partial charge >= 0.3 is 5.97 Å². The van der Waals surface area contributed by atoms with Crippen molar-refractivity contribution in [3.8, 4) is 0 Å². The van der Waals surface area contributed by atoms with E-state index in [9.17, 15) is 9.90 Å². The van der Waals surface area contributed by atoms with Gasteiger partial charge < -0.3 is 15.0 Å². The van der Waals surface area contributed by atoms with E-state index in [2.05, 4.69) is 40.8 Å². The number of anilines is 1. The molecule has 3 rings (SSSR count). The van der Waals surface area contributed by atoms with Gasteiger partial charge in [-0.1, -0.05) is 18.2 Å². The van der Waals surface area contributed by atoms with Crippen LogP contribution in [0.5, 0.6) is 0 Å². The highest BCUT2D eigenvalue weighted by Gasteiger charge is 2.18. The molecule has 3 aromatic rings. The van der Waals surface area contributed by atoms with Gasteiger partial charge in [0.15, 0.2) is 5.69 Å². The van der Waals surface area contributed by atoms with Crippen molar-refractivity contribution in [2.24, 2.45) is 7.05 Å². The van der Waals surface area contributed by atoms with Crippen molar-refractivity contribution in [3.05, 3.63) is 57.9 Å². The number of hydrogen-bond donors (Lipinski definition) is 2. The first-order valence-electron chi connectivity index (χ1n) is 8.30. The maximum atomic E-state index is 11.5. The zero-order valence-corrected chi connectivity index (χ0v) is 15.3. The second kappa shape index (κ2) is 6.24. The lowest BCUT2D eigenvalue weighted by molar-refractivity contribution is 0.0691. The van der Waals surface area contributed by atoms with Crippen LogP contribution in [0.3, 0.4) is 0 Å². The molecule has 0 radical (unpaired) electrons. The number of aromatic nitrogens is 2. The van der Waals surface area contributed by atoms with E-state index in [1.165, 1.54) is 16.7 Å². The number of aryl methyl sites for hydroxylation is 4. The predicted octanol–water partition coefficient (Wildman–Crippen LogP) is 4.12. The van der Waals surface area contributed by atoms with Crippen molar-refractivity contribution in [2.75, 3.05) is 5.32 Å². The maximum absolute atomic E-state index is 11.5. The number of aromatic carboxylic acids is 1.